The number of thiophene rings is 1. The Bertz CT molecular complexity index is 619. The molecule has 1 aromatic carbocycles. The van der Waals surface area contributed by atoms with E-state index >= 15 is 0 Å². The van der Waals surface area contributed by atoms with Gasteiger partial charge in [-0.2, -0.15) is 0 Å². The first-order valence-electron chi connectivity index (χ1n) is 5.86. The fraction of sp³-hybridized carbons (Fsp3) is 0.214. The Morgan fingerprint density at radius 2 is 2.11 bits per heavy atom. The van der Waals surface area contributed by atoms with Crippen molar-refractivity contribution in [2.45, 2.75) is 18.2 Å². The van der Waals surface area contributed by atoms with Crippen molar-refractivity contribution < 1.29 is 9.00 Å². The largest absolute Gasteiger partial charge is 0.292 e. The Labute approximate surface area is 127 Å². The first kappa shape index (κ1) is 14.6. The van der Waals surface area contributed by atoms with Crippen molar-refractivity contribution in [2.75, 3.05) is 5.75 Å². The molecule has 0 radical (unpaired) electrons. The molecule has 5 heteroatoms. The average Bonchev–Trinajstić information content (AvgIpc) is 2.87. The lowest BCUT2D eigenvalue weighted by Gasteiger charge is -2.01. The molecule has 2 nitrogen and oxygen atoms in total. The van der Waals surface area contributed by atoms with Crippen LogP contribution in [0.25, 0.3) is 0 Å². The van der Waals surface area contributed by atoms with Crippen LogP contribution in [0.1, 0.15) is 21.5 Å². The van der Waals surface area contributed by atoms with Crippen molar-refractivity contribution in [1.82, 2.24) is 0 Å². The highest BCUT2D eigenvalue weighted by Gasteiger charge is 2.14. The number of benzene rings is 1. The molecular weight excluding hydrogens is 344 g/mol. The minimum Gasteiger partial charge on any atom is -0.292 e. The summed E-state index contributed by atoms with van der Waals surface area (Å²) >= 11 is 4.83. The Kier molecular flexibility index (Phi) is 5.07. The molecular formula is C14H13BrO2S2. The van der Waals surface area contributed by atoms with Gasteiger partial charge < -0.3 is 0 Å². The van der Waals surface area contributed by atoms with Gasteiger partial charge in [0.15, 0.2) is 5.78 Å². The topological polar surface area (TPSA) is 34.1 Å². The standard InChI is InChI=1S/C14H13BrO2S2/c1-2-11-6-7-14(18-11)13(16)9-19(17)12-5-3-4-10(15)8-12/h3-8H,2,9H2,1H3. The molecule has 100 valence electrons. The molecule has 0 aliphatic rings. The maximum Gasteiger partial charge on any atom is 0.185 e. The van der Waals surface area contributed by atoms with Crippen LogP contribution in [0.15, 0.2) is 45.8 Å². The van der Waals surface area contributed by atoms with Gasteiger partial charge in [0.2, 0.25) is 0 Å². The summed E-state index contributed by atoms with van der Waals surface area (Å²) in [7, 11) is -1.29. The summed E-state index contributed by atoms with van der Waals surface area (Å²) < 4.78 is 13.0. The van der Waals surface area contributed by atoms with Gasteiger partial charge in [0.1, 0.15) is 0 Å². The molecule has 0 bridgehead atoms. The molecule has 0 spiro atoms. The highest BCUT2D eigenvalue weighted by molar-refractivity contribution is 9.10. The second kappa shape index (κ2) is 6.59. The summed E-state index contributed by atoms with van der Waals surface area (Å²) in [6.45, 7) is 2.06. The van der Waals surface area contributed by atoms with Crippen LogP contribution in [0, 0.1) is 0 Å². The van der Waals surface area contributed by atoms with E-state index in [9.17, 15) is 9.00 Å². The van der Waals surface area contributed by atoms with Crippen LogP contribution in [0.3, 0.4) is 0 Å². The normalized spacial score (nSPS) is 12.3. The van der Waals surface area contributed by atoms with Gasteiger partial charge in [0, 0.05) is 14.2 Å². The Morgan fingerprint density at radius 3 is 2.74 bits per heavy atom. The van der Waals surface area contributed by atoms with Crippen LogP contribution in [0.2, 0.25) is 0 Å². The molecule has 0 amide bonds. The van der Waals surface area contributed by atoms with E-state index in [1.807, 2.05) is 24.3 Å². The Hall–Kier alpha value is -0.780. The van der Waals surface area contributed by atoms with Gasteiger partial charge in [-0.15, -0.1) is 11.3 Å². The lowest BCUT2D eigenvalue weighted by Crippen LogP contribution is -2.09. The first-order valence-corrected chi connectivity index (χ1v) is 8.79. The van der Waals surface area contributed by atoms with E-state index in [1.165, 1.54) is 16.2 Å². The van der Waals surface area contributed by atoms with Crippen LogP contribution in [-0.4, -0.2) is 15.7 Å². The monoisotopic (exact) mass is 356 g/mol. The van der Waals surface area contributed by atoms with Crippen LogP contribution in [-0.2, 0) is 17.2 Å². The number of hydrogen-bond donors (Lipinski definition) is 0. The minimum absolute atomic E-state index is 0.0418. The molecule has 1 aromatic heterocycles. The molecule has 2 rings (SSSR count). The van der Waals surface area contributed by atoms with Gasteiger partial charge >= 0.3 is 0 Å². The summed E-state index contributed by atoms with van der Waals surface area (Å²) in [5, 5.41) is 0. The van der Waals surface area contributed by atoms with Crippen LogP contribution >= 0.6 is 27.3 Å². The van der Waals surface area contributed by atoms with E-state index in [0.717, 1.165) is 10.9 Å². The smallest absolute Gasteiger partial charge is 0.185 e. The number of carbonyl (C=O) groups is 1. The van der Waals surface area contributed by atoms with Crippen molar-refractivity contribution in [1.29, 1.82) is 0 Å². The van der Waals surface area contributed by atoms with Crippen LogP contribution in [0.5, 0.6) is 0 Å². The molecule has 0 saturated carbocycles. The second-order valence-corrected chi connectivity index (χ2v) is 7.53. The lowest BCUT2D eigenvalue weighted by atomic mass is 10.3. The number of rotatable bonds is 5. The predicted octanol–water partition coefficient (Wildman–Crippen LogP) is 4.06. The third kappa shape index (κ3) is 3.84. The average molecular weight is 357 g/mol. The molecule has 0 N–H and O–H groups in total. The van der Waals surface area contributed by atoms with Crippen molar-refractivity contribution in [2.24, 2.45) is 0 Å². The van der Waals surface area contributed by atoms with E-state index in [-0.39, 0.29) is 11.5 Å². The summed E-state index contributed by atoms with van der Waals surface area (Å²) in [5.41, 5.74) is 0. The molecule has 2 aromatic rings. The number of hydrogen-bond acceptors (Lipinski definition) is 3. The predicted molar refractivity (Wildman–Crippen MR) is 83.4 cm³/mol. The number of carbonyl (C=O) groups excluding carboxylic acids is 1. The van der Waals surface area contributed by atoms with Gasteiger partial charge in [0.25, 0.3) is 0 Å². The minimum atomic E-state index is -1.29. The zero-order valence-corrected chi connectivity index (χ0v) is 13.6. The third-order valence-corrected chi connectivity index (χ3v) is 5.67. The van der Waals surface area contributed by atoms with Crippen molar-refractivity contribution >= 4 is 43.8 Å². The zero-order chi connectivity index (χ0) is 13.8. The summed E-state index contributed by atoms with van der Waals surface area (Å²) in [4.78, 5) is 14.6. The van der Waals surface area contributed by atoms with Crippen LogP contribution < -0.4 is 0 Å². The fourth-order valence-corrected chi connectivity index (χ4v) is 4.18. The highest BCUT2D eigenvalue weighted by atomic mass is 79.9. The van der Waals surface area contributed by atoms with E-state index in [1.54, 1.807) is 12.1 Å². The van der Waals surface area contributed by atoms with Crippen molar-refractivity contribution in [3.63, 3.8) is 0 Å². The molecule has 1 heterocycles. The van der Waals surface area contributed by atoms with E-state index < -0.39 is 10.8 Å². The molecule has 0 saturated heterocycles. The van der Waals surface area contributed by atoms with Crippen molar-refractivity contribution in [3.05, 3.63) is 50.6 Å². The maximum atomic E-state index is 12.1. The Balaban J connectivity index is 2.08. The molecule has 19 heavy (non-hydrogen) atoms. The van der Waals surface area contributed by atoms with Gasteiger partial charge in [-0.3, -0.25) is 9.00 Å². The third-order valence-electron chi connectivity index (χ3n) is 2.61. The van der Waals surface area contributed by atoms with E-state index in [4.69, 9.17) is 0 Å². The molecule has 0 aliphatic carbocycles. The van der Waals surface area contributed by atoms with Gasteiger partial charge in [-0.25, -0.2) is 0 Å². The highest BCUT2D eigenvalue weighted by Crippen LogP contribution is 2.20. The summed E-state index contributed by atoms with van der Waals surface area (Å²) in [6, 6.07) is 11.0. The van der Waals surface area contributed by atoms with Gasteiger partial charge in [-0.05, 0) is 36.8 Å². The molecule has 1 unspecified atom stereocenters. The number of aryl methyl sites for hydroxylation is 1. The zero-order valence-electron chi connectivity index (χ0n) is 10.4. The summed E-state index contributed by atoms with van der Waals surface area (Å²) in [6.07, 6.45) is 0.923. The molecule has 1 atom stereocenters. The second-order valence-electron chi connectivity index (χ2n) is 3.99. The van der Waals surface area contributed by atoms with Crippen LogP contribution in [0.4, 0.5) is 0 Å². The van der Waals surface area contributed by atoms with Gasteiger partial charge in [0.05, 0.1) is 21.4 Å². The quantitative estimate of drug-likeness (QED) is 0.756. The van der Waals surface area contributed by atoms with E-state index in [2.05, 4.69) is 22.9 Å². The summed E-state index contributed by atoms with van der Waals surface area (Å²) in [5.74, 6) is -0.0110. The number of halogens is 1. The number of ketones is 1. The SMILES string of the molecule is CCc1ccc(C(=O)CS(=O)c2cccc(Br)c2)s1. The van der Waals surface area contributed by atoms with E-state index in [0.29, 0.717) is 9.77 Å². The number of Topliss-reactive ketones (excluding diaryl/α,β-unsaturated/α-hetero) is 1. The Morgan fingerprint density at radius 1 is 1.32 bits per heavy atom. The molecule has 0 aliphatic heterocycles. The lowest BCUT2D eigenvalue weighted by molar-refractivity contribution is 0.102. The first-order chi connectivity index (χ1) is 9.10. The van der Waals surface area contributed by atoms with Crippen molar-refractivity contribution in [3.8, 4) is 0 Å². The van der Waals surface area contributed by atoms with Gasteiger partial charge in [-0.1, -0.05) is 28.9 Å². The fourth-order valence-electron chi connectivity index (χ4n) is 1.60. The molecule has 0 fully saturated rings. The maximum absolute atomic E-state index is 12.1.